The number of hydrogen-bond donors (Lipinski definition) is 0. The minimum atomic E-state index is 0.500. The van der Waals surface area contributed by atoms with Gasteiger partial charge in [-0.3, -0.25) is 0 Å². The first-order valence-corrected chi connectivity index (χ1v) is 9.47. The molecule has 0 radical (unpaired) electrons. The van der Waals surface area contributed by atoms with E-state index in [9.17, 15) is 0 Å². The largest absolute Gasteiger partial charge is 0.312 e. The van der Waals surface area contributed by atoms with E-state index in [1.807, 2.05) is 26.0 Å². The second-order valence-corrected chi connectivity index (χ2v) is 8.37. The summed E-state index contributed by atoms with van der Waals surface area (Å²) < 4.78 is 0. The zero-order valence-corrected chi connectivity index (χ0v) is 18.6. The molecule has 0 spiro atoms. The van der Waals surface area contributed by atoms with Crippen LogP contribution in [0.3, 0.4) is 0 Å². The van der Waals surface area contributed by atoms with Crippen molar-refractivity contribution in [3.63, 3.8) is 0 Å². The first-order valence-electron chi connectivity index (χ1n) is 9.47. The molecule has 0 aromatic heterocycles. The van der Waals surface area contributed by atoms with Crippen LogP contribution in [0.1, 0.15) is 101 Å². The van der Waals surface area contributed by atoms with Crippen LogP contribution in [-0.2, 0) is 0 Å². The SMILES string of the molecule is CC(C)C(C)(C)C.CCC(C)C.CCCCCC.CN(C)C. The van der Waals surface area contributed by atoms with Crippen molar-refractivity contribution >= 4 is 0 Å². The maximum Gasteiger partial charge on any atom is -0.0140 e. The van der Waals surface area contributed by atoms with Gasteiger partial charge in [0.25, 0.3) is 0 Å². The third kappa shape index (κ3) is 59.7. The van der Waals surface area contributed by atoms with E-state index in [0.29, 0.717) is 5.41 Å². The summed E-state index contributed by atoms with van der Waals surface area (Å²) in [6.07, 6.45) is 6.84. The van der Waals surface area contributed by atoms with Crippen molar-refractivity contribution < 1.29 is 0 Å². The quantitative estimate of drug-likeness (QED) is 0.485. The molecule has 0 saturated carbocycles. The third-order valence-electron chi connectivity index (χ3n) is 3.51. The molecule has 0 aliphatic carbocycles. The Morgan fingerprint density at radius 2 is 0.909 bits per heavy atom. The monoisotopic (exact) mass is 317 g/mol. The van der Waals surface area contributed by atoms with Crippen molar-refractivity contribution in [1.82, 2.24) is 4.90 Å². The van der Waals surface area contributed by atoms with Gasteiger partial charge in [0.15, 0.2) is 0 Å². The van der Waals surface area contributed by atoms with Gasteiger partial charge < -0.3 is 4.90 Å². The molecule has 0 amide bonds. The van der Waals surface area contributed by atoms with Crippen LogP contribution in [0.5, 0.6) is 0 Å². The van der Waals surface area contributed by atoms with Gasteiger partial charge in [-0.05, 0) is 38.4 Å². The molecule has 1 nitrogen and oxygen atoms in total. The Kier molecular flexibility index (Phi) is 28.5. The molecular formula is C21H51N. The summed E-state index contributed by atoms with van der Waals surface area (Å²) >= 11 is 0. The van der Waals surface area contributed by atoms with Crippen molar-refractivity contribution in [3.05, 3.63) is 0 Å². The predicted molar refractivity (Wildman–Crippen MR) is 109 cm³/mol. The summed E-state index contributed by atoms with van der Waals surface area (Å²) in [6.45, 7) is 22.4. The van der Waals surface area contributed by atoms with Crippen LogP contribution in [0.4, 0.5) is 0 Å². The molecule has 0 bridgehead atoms. The fourth-order valence-corrected chi connectivity index (χ4v) is 0.500. The lowest BCUT2D eigenvalue weighted by Gasteiger charge is -2.22. The highest BCUT2D eigenvalue weighted by molar-refractivity contribution is 4.64. The van der Waals surface area contributed by atoms with E-state index in [1.54, 1.807) is 0 Å². The Labute approximate surface area is 145 Å². The van der Waals surface area contributed by atoms with E-state index in [1.165, 1.54) is 32.1 Å². The van der Waals surface area contributed by atoms with E-state index >= 15 is 0 Å². The van der Waals surface area contributed by atoms with Gasteiger partial charge >= 0.3 is 0 Å². The molecule has 0 aliphatic rings. The third-order valence-corrected chi connectivity index (χ3v) is 3.51. The molecule has 0 saturated heterocycles. The number of rotatable bonds is 4. The molecular weight excluding hydrogens is 266 g/mol. The maximum atomic E-state index is 2.26. The highest BCUT2D eigenvalue weighted by atomic mass is 15.0. The topological polar surface area (TPSA) is 3.24 Å². The maximum absolute atomic E-state index is 2.26. The molecule has 1 heteroatoms. The fourth-order valence-electron chi connectivity index (χ4n) is 0.500. The Bertz CT molecular complexity index is 156. The van der Waals surface area contributed by atoms with Crippen LogP contribution in [0.2, 0.25) is 0 Å². The number of hydrogen-bond acceptors (Lipinski definition) is 1. The average Bonchev–Trinajstić information content (AvgIpc) is 2.35. The first-order chi connectivity index (χ1) is 9.86. The summed E-state index contributed by atoms with van der Waals surface area (Å²) in [7, 11) is 6.00. The Hall–Kier alpha value is -0.0400. The highest BCUT2D eigenvalue weighted by Crippen LogP contribution is 2.23. The van der Waals surface area contributed by atoms with Gasteiger partial charge in [-0.25, -0.2) is 0 Å². The molecule has 0 rings (SSSR count). The Morgan fingerprint density at radius 3 is 0.955 bits per heavy atom. The number of nitrogens with zero attached hydrogens (tertiary/aromatic N) is 1. The van der Waals surface area contributed by atoms with E-state index in [2.05, 4.69) is 69.2 Å². The van der Waals surface area contributed by atoms with Gasteiger partial charge in [0.1, 0.15) is 0 Å². The van der Waals surface area contributed by atoms with E-state index in [4.69, 9.17) is 0 Å². The fraction of sp³-hybridized carbons (Fsp3) is 1.00. The molecule has 0 aromatic rings. The summed E-state index contributed by atoms with van der Waals surface area (Å²) in [5.41, 5.74) is 0.500. The Balaban J connectivity index is -0.000000100. The molecule has 0 atom stereocenters. The van der Waals surface area contributed by atoms with Crippen LogP contribution in [0, 0.1) is 17.3 Å². The molecule has 140 valence electrons. The molecule has 0 N–H and O–H groups in total. The number of unbranched alkanes of at least 4 members (excludes halogenated alkanes) is 3. The van der Waals surface area contributed by atoms with Crippen LogP contribution in [-0.4, -0.2) is 26.0 Å². The van der Waals surface area contributed by atoms with Crippen molar-refractivity contribution in [1.29, 1.82) is 0 Å². The zero-order valence-electron chi connectivity index (χ0n) is 18.6. The molecule has 0 aliphatic heterocycles. The van der Waals surface area contributed by atoms with Crippen molar-refractivity contribution in [2.45, 2.75) is 101 Å². The molecule has 22 heavy (non-hydrogen) atoms. The highest BCUT2D eigenvalue weighted by Gasteiger charge is 2.13. The van der Waals surface area contributed by atoms with Crippen LogP contribution in [0.15, 0.2) is 0 Å². The van der Waals surface area contributed by atoms with E-state index < -0.39 is 0 Å². The van der Waals surface area contributed by atoms with Crippen molar-refractivity contribution in [3.8, 4) is 0 Å². The van der Waals surface area contributed by atoms with Crippen molar-refractivity contribution in [2.75, 3.05) is 21.1 Å². The van der Waals surface area contributed by atoms with Crippen LogP contribution in [0.25, 0.3) is 0 Å². The lowest BCUT2D eigenvalue weighted by molar-refractivity contribution is 0.283. The first kappa shape index (κ1) is 29.9. The summed E-state index contributed by atoms with van der Waals surface area (Å²) in [4.78, 5) is 2.00. The summed E-state index contributed by atoms with van der Waals surface area (Å²) in [6, 6.07) is 0. The van der Waals surface area contributed by atoms with Gasteiger partial charge in [-0.15, -0.1) is 0 Å². The lowest BCUT2D eigenvalue weighted by Crippen LogP contribution is -2.12. The van der Waals surface area contributed by atoms with Gasteiger partial charge in [0, 0.05) is 0 Å². The standard InChI is InChI=1S/C7H16.C6H14.C5H12.C3H9N/c1-6(2)7(3,4)5;1-3-5-6-4-2;1-4-5(2)3;1-4(2)3/h6H,1-5H3;3-6H2,1-2H3;5H,4H2,1-3H3;1-3H3. The van der Waals surface area contributed by atoms with Crippen LogP contribution >= 0.6 is 0 Å². The minimum absolute atomic E-state index is 0.500. The average molecular weight is 318 g/mol. The van der Waals surface area contributed by atoms with E-state index in [-0.39, 0.29) is 0 Å². The summed E-state index contributed by atoms with van der Waals surface area (Å²) in [5, 5.41) is 0. The molecule has 0 heterocycles. The van der Waals surface area contributed by atoms with Gasteiger partial charge in [-0.2, -0.15) is 0 Å². The van der Waals surface area contributed by atoms with Gasteiger partial charge in [-0.1, -0.05) is 101 Å². The summed E-state index contributed by atoms with van der Waals surface area (Å²) in [5.74, 6) is 1.68. The van der Waals surface area contributed by atoms with Crippen LogP contribution < -0.4 is 0 Å². The molecule has 0 aromatic carbocycles. The second kappa shape index (κ2) is 21.0. The Morgan fingerprint density at radius 1 is 0.727 bits per heavy atom. The molecule has 0 fully saturated rings. The lowest BCUT2D eigenvalue weighted by atomic mass is 9.84. The smallest absolute Gasteiger partial charge is 0.0140 e. The zero-order chi connectivity index (χ0) is 18.8. The normalized spacial score (nSPS) is 10.4. The van der Waals surface area contributed by atoms with Gasteiger partial charge in [0.2, 0.25) is 0 Å². The van der Waals surface area contributed by atoms with Gasteiger partial charge in [0.05, 0.1) is 0 Å². The minimum Gasteiger partial charge on any atom is -0.312 e. The second-order valence-electron chi connectivity index (χ2n) is 8.37. The van der Waals surface area contributed by atoms with E-state index in [0.717, 1.165) is 11.8 Å². The predicted octanol–water partition coefficient (Wildman–Crippen LogP) is 7.51. The van der Waals surface area contributed by atoms with Crippen molar-refractivity contribution in [2.24, 2.45) is 17.3 Å². The molecule has 0 unspecified atom stereocenters.